The van der Waals surface area contributed by atoms with Gasteiger partial charge in [0.2, 0.25) is 0 Å². The van der Waals surface area contributed by atoms with Crippen LogP contribution in [0.3, 0.4) is 0 Å². The van der Waals surface area contributed by atoms with Gasteiger partial charge in [-0.25, -0.2) is 0 Å². The molecule has 2 fully saturated rings. The molecule has 2 aliphatic rings. The van der Waals surface area contributed by atoms with Crippen molar-refractivity contribution in [1.29, 1.82) is 0 Å². The summed E-state index contributed by atoms with van der Waals surface area (Å²) in [6, 6.07) is 0. The van der Waals surface area contributed by atoms with Gasteiger partial charge in [0.15, 0.2) is 6.29 Å². The number of carbonyl (C=O) groups is 1. The molecular weight excluding hydrogens is 168 g/mol. The Hall–Kier alpha value is -0.410. The van der Waals surface area contributed by atoms with Gasteiger partial charge in [-0.05, 0) is 18.8 Å². The lowest BCUT2D eigenvalue weighted by Gasteiger charge is -2.17. The van der Waals surface area contributed by atoms with Crippen LogP contribution in [0.15, 0.2) is 0 Å². The second-order valence-electron chi connectivity index (χ2n) is 3.90. The highest BCUT2D eigenvalue weighted by Gasteiger charge is 2.30. The molecular formula is C10H16O3. The van der Waals surface area contributed by atoms with Crippen molar-refractivity contribution < 1.29 is 14.3 Å². The van der Waals surface area contributed by atoms with Gasteiger partial charge in [0.25, 0.3) is 0 Å². The number of hydrogen-bond donors (Lipinski definition) is 0. The molecule has 0 radical (unpaired) electrons. The Balaban J connectivity index is 1.82. The predicted octanol–water partition coefficient (Wildman–Crippen LogP) is 1.36. The molecule has 0 N–H and O–H groups in total. The highest BCUT2D eigenvalue weighted by atomic mass is 16.7. The maximum Gasteiger partial charge on any atom is 0.158 e. The number of ether oxygens (including phenoxy) is 2. The fraction of sp³-hybridized carbons (Fsp3) is 0.900. The summed E-state index contributed by atoms with van der Waals surface area (Å²) in [7, 11) is 0. The lowest BCUT2D eigenvalue weighted by molar-refractivity contribution is -0.113. The van der Waals surface area contributed by atoms with Crippen LogP contribution in [0.2, 0.25) is 0 Å². The van der Waals surface area contributed by atoms with E-state index in [-0.39, 0.29) is 12.2 Å². The first-order valence-corrected chi connectivity index (χ1v) is 5.08. The van der Waals surface area contributed by atoms with E-state index >= 15 is 0 Å². The number of aldehydes is 1. The zero-order chi connectivity index (χ0) is 9.10. The topological polar surface area (TPSA) is 35.5 Å². The van der Waals surface area contributed by atoms with Crippen molar-refractivity contribution in [3.63, 3.8) is 0 Å². The number of carbonyl (C=O) groups excluding carboxylic acids is 1. The maximum atomic E-state index is 10.7. The van der Waals surface area contributed by atoms with E-state index in [1.807, 2.05) is 0 Å². The SMILES string of the molecule is O=CC1CCCC1CC1OCCO1. The fourth-order valence-electron chi connectivity index (χ4n) is 2.33. The third-order valence-electron chi connectivity index (χ3n) is 3.08. The van der Waals surface area contributed by atoms with E-state index < -0.39 is 0 Å². The summed E-state index contributed by atoms with van der Waals surface area (Å²) in [6.07, 6.45) is 5.37. The average molecular weight is 184 g/mol. The maximum absolute atomic E-state index is 10.7. The number of rotatable bonds is 3. The van der Waals surface area contributed by atoms with Gasteiger partial charge in [0, 0.05) is 12.3 Å². The normalized spacial score (nSPS) is 35.4. The van der Waals surface area contributed by atoms with Gasteiger partial charge in [-0.15, -0.1) is 0 Å². The average Bonchev–Trinajstić information content (AvgIpc) is 2.76. The minimum Gasteiger partial charge on any atom is -0.350 e. The molecule has 2 rings (SSSR count). The first-order valence-electron chi connectivity index (χ1n) is 5.08. The standard InChI is InChI=1S/C10H16O3/c11-7-9-3-1-2-8(9)6-10-12-4-5-13-10/h7-10H,1-6H2. The fourth-order valence-corrected chi connectivity index (χ4v) is 2.33. The highest BCUT2D eigenvalue weighted by molar-refractivity contribution is 5.54. The minimum atomic E-state index is -0.0365. The van der Waals surface area contributed by atoms with Gasteiger partial charge in [0.05, 0.1) is 13.2 Å². The molecule has 2 unspecified atom stereocenters. The van der Waals surface area contributed by atoms with E-state index in [2.05, 4.69) is 0 Å². The molecule has 3 heteroatoms. The smallest absolute Gasteiger partial charge is 0.158 e. The summed E-state index contributed by atoms with van der Waals surface area (Å²) in [5, 5.41) is 0. The molecule has 0 amide bonds. The summed E-state index contributed by atoms with van der Waals surface area (Å²) in [4.78, 5) is 10.7. The van der Waals surface area contributed by atoms with Gasteiger partial charge >= 0.3 is 0 Å². The minimum absolute atomic E-state index is 0.0365. The third kappa shape index (κ3) is 2.09. The molecule has 0 aromatic heterocycles. The molecule has 0 spiro atoms. The van der Waals surface area contributed by atoms with Crippen LogP contribution in [-0.2, 0) is 14.3 Å². The molecule has 0 aromatic rings. The second kappa shape index (κ2) is 4.20. The quantitative estimate of drug-likeness (QED) is 0.621. The molecule has 74 valence electrons. The second-order valence-corrected chi connectivity index (χ2v) is 3.90. The molecule has 3 nitrogen and oxygen atoms in total. The van der Waals surface area contributed by atoms with Crippen LogP contribution >= 0.6 is 0 Å². The lowest BCUT2D eigenvalue weighted by atomic mass is 9.94. The summed E-state index contributed by atoms with van der Waals surface area (Å²) < 4.78 is 10.7. The summed E-state index contributed by atoms with van der Waals surface area (Å²) in [5.41, 5.74) is 0. The van der Waals surface area contributed by atoms with Gasteiger partial charge in [-0.2, -0.15) is 0 Å². The van der Waals surface area contributed by atoms with Crippen molar-refractivity contribution in [2.24, 2.45) is 11.8 Å². The Morgan fingerprint density at radius 2 is 2.00 bits per heavy atom. The molecule has 1 aliphatic carbocycles. The highest BCUT2D eigenvalue weighted by Crippen LogP contribution is 2.34. The van der Waals surface area contributed by atoms with Crippen molar-refractivity contribution >= 4 is 6.29 Å². The van der Waals surface area contributed by atoms with Crippen LogP contribution < -0.4 is 0 Å². The van der Waals surface area contributed by atoms with Gasteiger partial charge in [-0.3, -0.25) is 0 Å². The Morgan fingerprint density at radius 1 is 1.23 bits per heavy atom. The van der Waals surface area contributed by atoms with Crippen LogP contribution in [0.25, 0.3) is 0 Å². The molecule has 1 aliphatic heterocycles. The van der Waals surface area contributed by atoms with E-state index in [1.54, 1.807) is 0 Å². The van der Waals surface area contributed by atoms with Gasteiger partial charge in [0.1, 0.15) is 6.29 Å². The van der Waals surface area contributed by atoms with Crippen molar-refractivity contribution in [1.82, 2.24) is 0 Å². The van der Waals surface area contributed by atoms with Crippen LogP contribution in [0, 0.1) is 11.8 Å². The van der Waals surface area contributed by atoms with E-state index in [0.29, 0.717) is 19.1 Å². The Bertz CT molecular complexity index is 175. The molecule has 0 bridgehead atoms. The first kappa shape index (κ1) is 9.16. The molecule has 1 saturated carbocycles. The molecule has 2 atom stereocenters. The van der Waals surface area contributed by atoms with E-state index in [1.165, 1.54) is 6.42 Å². The monoisotopic (exact) mass is 184 g/mol. The van der Waals surface area contributed by atoms with E-state index in [0.717, 1.165) is 25.5 Å². The molecule has 0 aromatic carbocycles. The molecule has 13 heavy (non-hydrogen) atoms. The van der Waals surface area contributed by atoms with Gasteiger partial charge < -0.3 is 14.3 Å². The largest absolute Gasteiger partial charge is 0.350 e. The zero-order valence-corrected chi connectivity index (χ0v) is 7.78. The van der Waals surface area contributed by atoms with Crippen molar-refractivity contribution in [2.45, 2.75) is 32.0 Å². The zero-order valence-electron chi connectivity index (χ0n) is 7.78. The Kier molecular flexibility index (Phi) is 2.96. The predicted molar refractivity (Wildman–Crippen MR) is 47.2 cm³/mol. The van der Waals surface area contributed by atoms with Gasteiger partial charge in [-0.1, -0.05) is 6.42 Å². The van der Waals surface area contributed by atoms with Crippen LogP contribution in [0.1, 0.15) is 25.7 Å². The van der Waals surface area contributed by atoms with Crippen LogP contribution in [0.5, 0.6) is 0 Å². The third-order valence-corrected chi connectivity index (χ3v) is 3.08. The van der Waals surface area contributed by atoms with E-state index in [9.17, 15) is 4.79 Å². The lowest BCUT2D eigenvalue weighted by Crippen LogP contribution is -2.18. The molecule has 1 heterocycles. The van der Waals surface area contributed by atoms with E-state index in [4.69, 9.17) is 9.47 Å². The van der Waals surface area contributed by atoms with Crippen molar-refractivity contribution in [2.75, 3.05) is 13.2 Å². The van der Waals surface area contributed by atoms with Crippen LogP contribution in [-0.4, -0.2) is 25.8 Å². The molecule has 1 saturated heterocycles. The Morgan fingerprint density at radius 3 is 2.69 bits per heavy atom. The Labute approximate surface area is 78.4 Å². The summed E-state index contributed by atoms with van der Waals surface area (Å²) >= 11 is 0. The first-order chi connectivity index (χ1) is 6.40. The summed E-state index contributed by atoms with van der Waals surface area (Å²) in [5.74, 6) is 0.758. The van der Waals surface area contributed by atoms with Crippen LogP contribution in [0.4, 0.5) is 0 Å². The summed E-state index contributed by atoms with van der Waals surface area (Å²) in [6.45, 7) is 1.42. The van der Waals surface area contributed by atoms with Crippen molar-refractivity contribution in [3.8, 4) is 0 Å². The number of hydrogen-bond acceptors (Lipinski definition) is 3. The van der Waals surface area contributed by atoms with Crippen molar-refractivity contribution in [3.05, 3.63) is 0 Å².